The number of benzene rings is 1. The second-order valence-electron chi connectivity index (χ2n) is 8.21. The van der Waals surface area contributed by atoms with Crippen molar-refractivity contribution in [3.8, 4) is 0 Å². The molecule has 1 aromatic heterocycles. The minimum Gasteiger partial charge on any atom is -0.342 e. The second kappa shape index (κ2) is 9.34. The summed E-state index contributed by atoms with van der Waals surface area (Å²) >= 11 is 0. The van der Waals surface area contributed by atoms with Crippen LogP contribution in [0.4, 0.5) is 5.69 Å². The van der Waals surface area contributed by atoms with E-state index < -0.39 is 0 Å². The molecule has 1 N–H and O–H groups in total. The van der Waals surface area contributed by atoms with Gasteiger partial charge >= 0.3 is 0 Å². The SMILES string of the molecule is Cc1nc([C@H]2CCCN(CC(=O)N3CCCC3)C2)ncc1C(=O)Nc1ccccc1. The number of anilines is 1. The molecular formula is C23H29N5O2. The Hall–Kier alpha value is -2.80. The van der Waals surface area contributed by atoms with Crippen molar-refractivity contribution >= 4 is 17.5 Å². The number of likely N-dealkylation sites (tertiary alicyclic amines) is 2. The summed E-state index contributed by atoms with van der Waals surface area (Å²) in [6, 6.07) is 9.37. The van der Waals surface area contributed by atoms with Gasteiger partial charge in [0, 0.05) is 37.4 Å². The first-order valence-electron chi connectivity index (χ1n) is 10.8. The van der Waals surface area contributed by atoms with E-state index in [1.807, 2.05) is 42.2 Å². The van der Waals surface area contributed by atoms with Crippen molar-refractivity contribution < 1.29 is 9.59 Å². The molecule has 2 aromatic rings. The Morgan fingerprint density at radius 2 is 1.87 bits per heavy atom. The number of amides is 2. The zero-order chi connectivity index (χ0) is 20.9. The maximum Gasteiger partial charge on any atom is 0.259 e. The van der Waals surface area contributed by atoms with Crippen molar-refractivity contribution in [2.24, 2.45) is 0 Å². The highest BCUT2D eigenvalue weighted by molar-refractivity contribution is 6.04. The van der Waals surface area contributed by atoms with Gasteiger partial charge in [0.05, 0.1) is 17.8 Å². The van der Waals surface area contributed by atoms with Crippen LogP contribution in [0.3, 0.4) is 0 Å². The highest BCUT2D eigenvalue weighted by atomic mass is 16.2. The molecule has 0 bridgehead atoms. The molecule has 1 aromatic carbocycles. The summed E-state index contributed by atoms with van der Waals surface area (Å²) in [7, 11) is 0. The second-order valence-corrected chi connectivity index (χ2v) is 8.21. The number of carbonyl (C=O) groups excluding carboxylic acids is 2. The fourth-order valence-electron chi connectivity index (χ4n) is 4.29. The third-order valence-electron chi connectivity index (χ3n) is 5.96. The smallest absolute Gasteiger partial charge is 0.259 e. The first kappa shape index (κ1) is 20.5. The third kappa shape index (κ3) is 4.84. The highest BCUT2D eigenvalue weighted by Crippen LogP contribution is 2.25. The molecule has 1 atom stereocenters. The third-order valence-corrected chi connectivity index (χ3v) is 5.96. The van der Waals surface area contributed by atoms with E-state index in [1.54, 1.807) is 6.20 Å². The zero-order valence-electron chi connectivity index (χ0n) is 17.5. The molecular weight excluding hydrogens is 378 g/mol. The van der Waals surface area contributed by atoms with Crippen LogP contribution in [-0.2, 0) is 4.79 Å². The lowest BCUT2D eigenvalue weighted by Crippen LogP contribution is -2.43. The van der Waals surface area contributed by atoms with Crippen LogP contribution in [0.1, 0.15) is 53.5 Å². The van der Waals surface area contributed by atoms with Crippen molar-refractivity contribution in [1.29, 1.82) is 0 Å². The average molecular weight is 408 g/mol. The molecule has 3 heterocycles. The fourth-order valence-corrected chi connectivity index (χ4v) is 4.29. The van der Waals surface area contributed by atoms with Gasteiger partial charge < -0.3 is 10.2 Å². The number of hydrogen-bond acceptors (Lipinski definition) is 5. The Morgan fingerprint density at radius 3 is 2.60 bits per heavy atom. The van der Waals surface area contributed by atoms with Gasteiger partial charge in [-0.1, -0.05) is 18.2 Å². The van der Waals surface area contributed by atoms with E-state index in [0.29, 0.717) is 17.8 Å². The fraction of sp³-hybridized carbons (Fsp3) is 0.478. The average Bonchev–Trinajstić information content (AvgIpc) is 3.30. The monoisotopic (exact) mass is 407 g/mol. The number of piperidine rings is 1. The summed E-state index contributed by atoms with van der Waals surface area (Å²) in [6.07, 6.45) is 5.89. The van der Waals surface area contributed by atoms with Crippen LogP contribution in [0.15, 0.2) is 36.5 Å². The molecule has 0 aliphatic carbocycles. The Bertz CT molecular complexity index is 896. The van der Waals surface area contributed by atoms with Crippen LogP contribution in [0.2, 0.25) is 0 Å². The Kier molecular flexibility index (Phi) is 6.38. The van der Waals surface area contributed by atoms with Crippen LogP contribution in [0, 0.1) is 6.92 Å². The zero-order valence-corrected chi connectivity index (χ0v) is 17.5. The number of hydrogen-bond donors (Lipinski definition) is 1. The minimum atomic E-state index is -0.202. The number of nitrogens with one attached hydrogen (secondary N) is 1. The van der Waals surface area contributed by atoms with Crippen LogP contribution in [-0.4, -0.2) is 64.3 Å². The van der Waals surface area contributed by atoms with Gasteiger partial charge in [0.25, 0.3) is 5.91 Å². The Balaban J connectivity index is 1.39. The highest BCUT2D eigenvalue weighted by Gasteiger charge is 2.27. The van der Waals surface area contributed by atoms with Crippen LogP contribution in [0.25, 0.3) is 0 Å². The first-order valence-corrected chi connectivity index (χ1v) is 10.8. The quantitative estimate of drug-likeness (QED) is 0.825. The van der Waals surface area contributed by atoms with Gasteiger partial charge in [-0.15, -0.1) is 0 Å². The first-order chi connectivity index (χ1) is 14.6. The van der Waals surface area contributed by atoms with Gasteiger partial charge in [0.15, 0.2) is 0 Å². The van der Waals surface area contributed by atoms with E-state index in [0.717, 1.165) is 63.4 Å². The van der Waals surface area contributed by atoms with Crippen molar-refractivity contribution in [3.05, 3.63) is 53.6 Å². The molecule has 158 valence electrons. The van der Waals surface area contributed by atoms with Gasteiger partial charge in [-0.3, -0.25) is 14.5 Å². The maximum atomic E-state index is 12.6. The molecule has 4 rings (SSSR count). The Morgan fingerprint density at radius 1 is 1.10 bits per heavy atom. The van der Waals surface area contributed by atoms with Crippen LogP contribution in [0.5, 0.6) is 0 Å². The Labute approximate surface area is 177 Å². The van der Waals surface area contributed by atoms with Crippen molar-refractivity contribution in [2.45, 2.75) is 38.5 Å². The molecule has 7 heteroatoms. The molecule has 30 heavy (non-hydrogen) atoms. The van der Waals surface area contributed by atoms with E-state index in [-0.39, 0.29) is 17.7 Å². The van der Waals surface area contributed by atoms with Gasteiger partial charge in [-0.25, -0.2) is 9.97 Å². The van der Waals surface area contributed by atoms with Gasteiger partial charge in [0.1, 0.15) is 5.82 Å². The standard InChI is InChI=1S/C23H29N5O2/c1-17-20(23(30)26-19-9-3-2-4-10-19)14-24-22(25-17)18-8-7-11-27(15-18)16-21(29)28-12-5-6-13-28/h2-4,9-10,14,18H,5-8,11-13,15-16H2,1H3,(H,26,30)/t18-/m0/s1. The van der Waals surface area contributed by atoms with E-state index in [1.165, 1.54) is 0 Å². The topological polar surface area (TPSA) is 78.4 Å². The van der Waals surface area contributed by atoms with Crippen LogP contribution < -0.4 is 5.32 Å². The lowest BCUT2D eigenvalue weighted by molar-refractivity contribution is -0.131. The van der Waals surface area contributed by atoms with Gasteiger partial charge in [-0.2, -0.15) is 0 Å². The summed E-state index contributed by atoms with van der Waals surface area (Å²) in [5, 5.41) is 2.88. The normalized spacial score (nSPS) is 19.6. The number of rotatable bonds is 5. The van der Waals surface area contributed by atoms with Crippen LogP contribution >= 0.6 is 0 Å². The molecule has 0 spiro atoms. The predicted molar refractivity (Wildman–Crippen MR) is 115 cm³/mol. The summed E-state index contributed by atoms with van der Waals surface area (Å²) in [6.45, 7) is 5.84. The van der Waals surface area contributed by atoms with Crippen molar-refractivity contribution in [2.75, 3.05) is 38.0 Å². The van der Waals surface area contributed by atoms with Gasteiger partial charge in [0.2, 0.25) is 5.91 Å². The van der Waals surface area contributed by atoms with Crippen molar-refractivity contribution in [1.82, 2.24) is 19.8 Å². The number of nitrogens with zero attached hydrogens (tertiary/aromatic N) is 4. The summed E-state index contributed by atoms with van der Waals surface area (Å²) in [5.41, 5.74) is 1.91. The molecule has 2 saturated heterocycles. The maximum absolute atomic E-state index is 12.6. The molecule has 0 saturated carbocycles. The summed E-state index contributed by atoms with van der Waals surface area (Å²) in [5.74, 6) is 0.988. The summed E-state index contributed by atoms with van der Waals surface area (Å²) < 4.78 is 0. The number of aryl methyl sites for hydroxylation is 1. The van der Waals surface area contributed by atoms with E-state index in [2.05, 4.69) is 20.2 Å². The molecule has 0 unspecified atom stereocenters. The lowest BCUT2D eigenvalue weighted by Gasteiger charge is -2.32. The number of carbonyl (C=O) groups is 2. The van der Waals surface area contributed by atoms with E-state index >= 15 is 0 Å². The van der Waals surface area contributed by atoms with Gasteiger partial charge in [-0.05, 0) is 51.3 Å². The van der Waals surface area contributed by atoms with Crippen molar-refractivity contribution in [3.63, 3.8) is 0 Å². The molecule has 2 aliphatic rings. The molecule has 2 fully saturated rings. The lowest BCUT2D eigenvalue weighted by atomic mass is 9.97. The predicted octanol–water partition coefficient (Wildman–Crippen LogP) is 2.84. The molecule has 2 amide bonds. The molecule has 7 nitrogen and oxygen atoms in total. The van der Waals surface area contributed by atoms with E-state index in [4.69, 9.17) is 0 Å². The molecule has 2 aliphatic heterocycles. The summed E-state index contributed by atoms with van der Waals surface area (Å²) in [4.78, 5) is 38.5. The minimum absolute atomic E-state index is 0.190. The van der Waals surface area contributed by atoms with E-state index in [9.17, 15) is 9.59 Å². The number of aromatic nitrogens is 2. The largest absolute Gasteiger partial charge is 0.342 e. The number of para-hydroxylation sites is 1. The molecule has 0 radical (unpaired) electrons.